The van der Waals surface area contributed by atoms with Crippen LogP contribution in [0.5, 0.6) is 0 Å². The van der Waals surface area contributed by atoms with Crippen LogP contribution in [-0.2, 0) is 4.79 Å². The number of carbonyl (C=O) groups excluding carboxylic acids is 1. The van der Waals surface area contributed by atoms with Crippen molar-refractivity contribution in [3.8, 4) is 0 Å². The van der Waals surface area contributed by atoms with E-state index in [9.17, 15) is 4.79 Å². The summed E-state index contributed by atoms with van der Waals surface area (Å²) in [5, 5.41) is 0. The Bertz CT molecular complexity index is 265. The van der Waals surface area contributed by atoms with E-state index >= 15 is 0 Å². The topological polar surface area (TPSA) is 17.1 Å². The summed E-state index contributed by atoms with van der Waals surface area (Å²) in [5.74, 6) is 0. The molecule has 0 amide bonds. The minimum absolute atomic E-state index is 0.711. The normalized spacial score (nSPS) is 11.7. The van der Waals surface area contributed by atoms with E-state index in [1.54, 1.807) is 0 Å². The Hall–Kier alpha value is -0.850. The summed E-state index contributed by atoms with van der Waals surface area (Å²) in [6.45, 7) is 2.28. The lowest BCUT2D eigenvalue weighted by atomic mass is 10.1. The van der Waals surface area contributed by atoms with E-state index in [2.05, 4.69) is 31.2 Å². The van der Waals surface area contributed by atoms with Crippen molar-refractivity contribution in [1.82, 2.24) is 0 Å². The van der Waals surface area contributed by atoms with Crippen LogP contribution in [0.4, 0.5) is 0 Å². The Balaban J connectivity index is 3.13. The molecule has 0 aromatic rings. The molecule has 0 spiro atoms. The SMILES string of the molecule is CCCCCCCCCCCCC=CC=CCCCCC=O. The maximum Gasteiger partial charge on any atom is 0.119 e. The summed E-state index contributed by atoms with van der Waals surface area (Å²) in [5.41, 5.74) is 0. The quantitative estimate of drug-likeness (QED) is 0.158. The maximum atomic E-state index is 10.1. The van der Waals surface area contributed by atoms with Gasteiger partial charge in [0, 0.05) is 6.42 Å². The lowest BCUT2D eigenvalue weighted by molar-refractivity contribution is -0.107. The standard InChI is InChI=1S/C21H38O/c1-2-3-4-5-6-7-8-9-10-11-12-13-14-15-16-17-18-19-20-21-22/h13-16,21H,2-12,17-20H2,1H3. The van der Waals surface area contributed by atoms with E-state index in [0.29, 0.717) is 6.42 Å². The molecule has 0 atom stereocenters. The Morgan fingerprint density at radius 3 is 1.45 bits per heavy atom. The van der Waals surface area contributed by atoms with Crippen molar-refractivity contribution in [1.29, 1.82) is 0 Å². The number of allylic oxidation sites excluding steroid dienone is 4. The molecule has 128 valence electrons. The van der Waals surface area contributed by atoms with E-state index in [-0.39, 0.29) is 0 Å². The lowest BCUT2D eigenvalue weighted by Crippen LogP contribution is -1.81. The van der Waals surface area contributed by atoms with Crippen LogP contribution >= 0.6 is 0 Å². The number of hydrogen-bond acceptors (Lipinski definition) is 1. The second-order valence-electron chi connectivity index (χ2n) is 6.28. The van der Waals surface area contributed by atoms with E-state index in [1.165, 1.54) is 70.6 Å². The molecular weight excluding hydrogens is 268 g/mol. The van der Waals surface area contributed by atoms with E-state index in [4.69, 9.17) is 0 Å². The fraction of sp³-hybridized carbons (Fsp3) is 0.762. The predicted octanol–water partition coefficient (Wildman–Crippen LogP) is 7.17. The molecule has 0 unspecified atom stereocenters. The van der Waals surface area contributed by atoms with Crippen molar-refractivity contribution in [2.24, 2.45) is 0 Å². The molecule has 0 rings (SSSR count). The first kappa shape index (κ1) is 21.1. The van der Waals surface area contributed by atoms with Crippen LogP contribution in [0, 0.1) is 0 Å². The summed E-state index contributed by atoms with van der Waals surface area (Å²) in [6.07, 6.45) is 29.1. The molecule has 22 heavy (non-hydrogen) atoms. The molecular formula is C21H38O. The lowest BCUT2D eigenvalue weighted by Gasteiger charge is -2.01. The Morgan fingerprint density at radius 2 is 0.955 bits per heavy atom. The zero-order valence-electron chi connectivity index (χ0n) is 14.9. The van der Waals surface area contributed by atoms with Crippen molar-refractivity contribution >= 4 is 6.29 Å². The Morgan fingerprint density at radius 1 is 0.545 bits per heavy atom. The third-order valence-electron chi connectivity index (χ3n) is 4.05. The second kappa shape index (κ2) is 20.1. The Labute approximate surface area is 139 Å². The maximum absolute atomic E-state index is 10.1. The van der Waals surface area contributed by atoms with Gasteiger partial charge in [-0.2, -0.15) is 0 Å². The zero-order valence-corrected chi connectivity index (χ0v) is 14.9. The van der Waals surface area contributed by atoms with Crippen LogP contribution in [0.15, 0.2) is 24.3 Å². The highest BCUT2D eigenvalue weighted by Crippen LogP contribution is 2.11. The van der Waals surface area contributed by atoms with Gasteiger partial charge < -0.3 is 4.79 Å². The molecule has 0 radical (unpaired) electrons. The molecule has 0 aliphatic carbocycles. The average molecular weight is 307 g/mol. The Kier molecular flexibility index (Phi) is 19.4. The molecule has 0 aliphatic rings. The molecule has 1 nitrogen and oxygen atoms in total. The van der Waals surface area contributed by atoms with Crippen molar-refractivity contribution in [3.05, 3.63) is 24.3 Å². The van der Waals surface area contributed by atoms with E-state index in [0.717, 1.165) is 25.5 Å². The minimum Gasteiger partial charge on any atom is -0.303 e. The van der Waals surface area contributed by atoms with Crippen molar-refractivity contribution < 1.29 is 4.79 Å². The highest BCUT2D eigenvalue weighted by atomic mass is 16.1. The first-order valence-electron chi connectivity index (χ1n) is 9.67. The highest BCUT2D eigenvalue weighted by molar-refractivity contribution is 5.48. The van der Waals surface area contributed by atoms with Gasteiger partial charge >= 0.3 is 0 Å². The number of carbonyl (C=O) groups is 1. The van der Waals surface area contributed by atoms with Crippen molar-refractivity contribution in [2.45, 2.75) is 103 Å². The molecule has 0 N–H and O–H groups in total. The van der Waals surface area contributed by atoms with Gasteiger partial charge in [-0.25, -0.2) is 0 Å². The first-order chi connectivity index (χ1) is 10.9. The van der Waals surface area contributed by atoms with Gasteiger partial charge in [-0.15, -0.1) is 0 Å². The summed E-state index contributed by atoms with van der Waals surface area (Å²) >= 11 is 0. The number of rotatable bonds is 17. The van der Waals surface area contributed by atoms with Crippen LogP contribution < -0.4 is 0 Å². The number of aldehydes is 1. The van der Waals surface area contributed by atoms with Gasteiger partial charge in [-0.1, -0.05) is 89.0 Å². The second-order valence-corrected chi connectivity index (χ2v) is 6.28. The monoisotopic (exact) mass is 306 g/mol. The molecule has 0 aromatic carbocycles. The molecule has 0 saturated heterocycles. The fourth-order valence-electron chi connectivity index (χ4n) is 2.59. The molecule has 0 saturated carbocycles. The highest BCUT2D eigenvalue weighted by Gasteiger charge is 1.91. The average Bonchev–Trinajstić information content (AvgIpc) is 2.54. The van der Waals surface area contributed by atoms with Gasteiger partial charge in [0.1, 0.15) is 6.29 Å². The van der Waals surface area contributed by atoms with Gasteiger partial charge in [-0.3, -0.25) is 0 Å². The van der Waals surface area contributed by atoms with Gasteiger partial charge in [0.2, 0.25) is 0 Å². The number of unbranched alkanes of at least 4 members (excludes halogenated alkanes) is 13. The van der Waals surface area contributed by atoms with Crippen molar-refractivity contribution in [3.63, 3.8) is 0 Å². The van der Waals surface area contributed by atoms with E-state index in [1.807, 2.05) is 0 Å². The van der Waals surface area contributed by atoms with Gasteiger partial charge in [0.15, 0.2) is 0 Å². The van der Waals surface area contributed by atoms with Crippen LogP contribution in [-0.4, -0.2) is 6.29 Å². The minimum atomic E-state index is 0.711. The molecule has 0 aromatic heterocycles. The van der Waals surface area contributed by atoms with Gasteiger partial charge in [-0.05, 0) is 32.1 Å². The van der Waals surface area contributed by atoms with E-state index < -0.39 is 0 Å². The first-order valence-corrected chi connectivity index (χ1v) is 9.67. The molecule has 0 aliphatic heterocycles. The van der Waals surface area contributed by atoms with Crippen molar-refractivity contribution in [2.75, 3.05) is 0 Å². The molecule has 0 fully saturated rings. The smallest absolute Gasteiger partial charge is 0.119 e. The third-order valence-corrected chi connectivity index (χ3v) is 4.05. The third kappa shape index (κ3) is 19.1. The van der Waals surface area contributed by atoms with Crippen LogP contribution in [0.3, 0.4) is 0 Å². The number of hydrogen-bond donors (Lipinski definition) is 0. The summed E-state index contributed by atoms with van der Waals surface area (Å²) < 4.78 is 0. The molecule has 0 heterocycles. The summed E-state index contributed by atoms with van der Waals surface area (Å²) in [7, 11) is 0. The van der Waals surface area contributed by atoms with Crippen LogP contribution in [0.2, 0.25) is 0 Å². The van der Waals surface area contributed by atoms with Gasteiger partial charge in [0.25, 0.3) is 0 Å². The summed E-state index contributed by atoms with van der Waals surface area (Å²) in [4.78, 5) is 10.1. The fourth-order valence-corrected chi connectivity index (χ4v) is 2.59. The largest absolute Gasteiger partial charge is 0.303 e. The molecule has 1 heteroatoms. The summed E-state index contributed by atoms with van der Waals surface area (Å²) in [6, 6.07) is 0. The van der Waals surface area contributed by atoms with Gasteiger partial charge in [0.05, 0.1) is 0 Å². The predicted molar refractivity (Wildman–Crippen MR) is 99.3 cm³/mol. The van der Waals surface area contributed by atoms with Crippen LogP contribution in [0.25, 0.3) is 0 Å². The zero-order chi connectivity index (χ0) is 16.1. The van der Waals surface area contributed by atoms with Crippen LogP contribution in [0.1, 0.15) is 103 Å². The molecule has 0 bridgehead atoms.